The van der Waals surface area contributed by atoms with Gasteiger partial charge in [0.15, 0.2) is 0 Å². The molecule has 8 atom stereocenters. The van der Waals surface area contributed by atoms with Crippen LogP contribution in [0.1, 0.15) is 91.9 Å². The van der Waals surface area contributed by atoms with E-state index in [1.54, 1.807) is 0 Å². The van der Waals surface area contributed by atoms with Crippen molar-refractivity contribution in [3.8, 4) is 0 Å². The molecule has 0 amide bonds. The third kappa shape index (κ3) is 2.49. The third-order valence-corrected chi connectivity index (χ3v) is 9.97. The molecular weight excluding hydrogens is 308 g/mol. The molecule has 0 aromatic heterocycles. The van der Waals surface area contributed by atoms with Gasteiger partial charge in [-0.05, 0) is 106 Å². The van der Waals surface area contributed by atoms with Crippen LogP contribution in [-0.2, 0) is 4.79 Å². The summed E-state index contributed by atoms with van der Waals surface area (Å²) in [6.07, 6.45) is 11.8. The van der Waals surface area contributed by atoms with Gasteiger partial charge in [-0.2, -0.15) is 0 Å². The average molecular weight is 347 g/mol. The Labute approximate surface area is 154 Å². The first-order chi connectivity index (χ1) is 11.7. The SMILES string of the molecule is CC[C@]1(O)CC[C@@]2(C)[C@H](CC[C@@H]3[C@@H]2CC[C@]2(C)[C@@H](C(C)=O)CC[C@@H]32)C1. The van der Waals surface area contributed by atoms with E-state index in [0.29, 0.717) is 23.0 Å². The van der Waals surface area contributed by atoms with Crippen molar-refractivity contribution in [1.82, 2.24) is 0 Å². The summed E-state index contributed by atoms with van der Waals surface area (Å²) in [5, 5.41) is 10.9. The molecule has 0 aromatic carbocycles. The van der Waals surface area contributed by atoms with E-state index in [2.05, 4.69) is 20.8 Å². The van der Waals surface area contributed by atoms with Crippen LogP contribution in [0, 0.1) is 40.4 Å². The van der Waals surface area contributed by atoms with Gasteiger partial charge in [0, 0.05) is 5.92 Å². The van der Waals surface area contributed by atoms with Crippen molar-refractivity contribution in [3.05, 3.63) is 0 Å². The first-order valence-electron chi connectivity index (χ1n) is 11.0. The van der Waals surface area contributed by atoms with Crippen LogP contribution in [0.3, 0.4) is 0 Å². The fourth-order valence-electron chi connectivity index (χ4n) is 8.31. The average Bonchev–Trinajstić information content (AvgIpc) is 2.93. The zero-order valence-corrected chi connectivity index (χ0v) is 16.8. The predicted molar refractivity (Wildman–Crippen MR) is 101 cm³/mol. The fraction of sp³-hybridized carbons (Fsp3) is 0.957. The van der Waals surface area contributed by atoms with Crippen LogP contribution in [0.2, 0.25) is 0 Å². The van der Waals surface area contributed by atoms with E-state index in [1.807, 2.05) is 6.92 Å². The molecule has 0 saturated heterocycles. The van der Waals surface area contributed by atoms with Crippen LogP contribution in [0.25, 0.3) is 0 Å². The third-order valence-electron chi connectivity index (χ3n) is 9.97. The molecule has 4 saturated carbocycles. The molecule has 4 aliphatic carbocycles. The summed E-state index contributed by atoms with van der Waals surface area (Å²) in [5.74, 6) is 3.90. The van der Waals surface area contributed by atoms with Crippen LogP contribution in [0.5, 0.6) is 0 Å². The van der Waals surface area contributed by atoms with Crippen LogP contribution in [-0.4, -0.2) is 16.5 Å². The van der Waals surface area contributed by atoms with E-state index >= 15 is 0 Å². The Kier molecular flexibility index (Phi) is 4.19. The summed E-state index contributed by atoms with van der Waals surface area (Å²) in [4.78, 5) is 12.2. The van der Waals surface area contributed by atoms with Gasteiger partial charge in [0.05, 0.1) is 5.60 Å². The molecule has 1 N–H and O–H groups in total. The van der Waals surface area contributed by atoms with Gasteiger partial charge in [0.2, 0.25) is 0 Å². The highest BCUT2D eigenvalue weighted by Gasteiger charge is 2.61. The highest BCUT2D eigenvalue weighted by Crippen LogP contribution is 2.68. The molecule has 0 bridgehead atoms. The Bertz CT molecular complexity index is 556. The second-order valence-corrected chi connectivity index (χ2v) is 10.7. The Morgan fingerprint density at radius 3 is 2.36 bits per heavy atom. The van der Waals surface area contributed by atoms with Gasteiger partial charge in [0.1, 0.15) is 5.78 Å². The van der Waals surface area contributed by atoms with Crippen LogP contribution >= 0.6 is 0 Å². The second-order valence-electron chi connectivity index (χ2n) is 10.7. The summed E-state index contributed by atoms with van der Waals surface area (Å²) in [6.45, 7) is 8.98. The molecule has 25 heavy (non-hydrogen) atoms. The Balaban J connectivity index is 1.59. The molecular formula is C23H38O2. The smallest absolute Gasteiger partial charge is 0.133 e. The van der Waals surface area contributed by atoms with E-state index in [1.165, 1.54) is 38.5 Å². The first kappa shape index (κ1) is 18.0. The minimum Gasteiger partial charge on any atom is -0.390 e. The van der Waals surface area contributed by atoms with E-state index in [9.17, 15) is 9.90 Å². The van der Waals surface area contributed by atoms with Crippen molar-refractivity contribution in [2.75, 3.05) is 0 Å². The number of rotatable bonds is 2. The zero-order chi connectivity index (χ0) is 18.0. The summed E-state index contributed by atoms with van der Waals surface area (Å²) < 4.78 is 0. The molecule has 4 rings (SSSR count). The van der Waals surface area contributed by atoms with Gasteiger partial charge in [-0.1, -0.05) is 20.8 Å². The molecule has 0 radical (unpaired) electrons. The summed E-state index contributed by atoms with van der Waals surface area (Å²) >= 11 is 0. The van der Waals surface area contributed by atoms with E-state index < -0.39 is 5.60 Å². The number of carbonyl (C=O) groups excluding carboxylic acids is 1. The number of hydrogen-bond donors (Lipinski definition) is 1. The normalized spacial score (nSPS) is 55.2. The molecule has 2 nitrogen and oxygen atoms in total. The molecule has 0 heterocycles. The summed E-state index contributed by atoms with van der Waals surface area (Å²) in [5.41, 5.74) is 0.308. The number of hydrogen-bond acceptors (Lipinski definition) is 2. The quantitative estimate of drug-likeness (QED) is 0.729. The van der Waals surface area contributed by atoms with Crippen LogP contribution < -0.4 is 0 Å². The van der Waals surface area contributed by atoms with E-state index in [-0.39, 0.29) is 5.41 Å². The molecule has 0 unspecified atom stereocenters. The van der Waals surface area contributed by atoms with E-state index in [4.69, 9.17) is 0 Å². The van der Waals surface area contributed by atoms with Gasteiger partial charge >= 0.3 is 0 Å². The Morgan fingerprint density at radius 2 is 1.68 bits per heavy atom. The maximum absolute atomic E-state index is 12.2. The van der Waals surface area contributed by atoms with Crippen molar-refractivity contribution in [1.29, 1.82) is 0 Å². The maximum atomic E-state index is 12.2. The minimum absolute atomic E-state index is 0.273. The highest BCUT2D eigenvalue weighted by molar-refractivity contribution is 5.79. The number of aliphatic hydroxyl groups is 1. The van der Waals surface area contributed by atoms with Gasteiger partial charge in [0.25, 0.3) is 0 Å². The summed E-state index contributed by atoms with van der Waals surface area (Å²) in [7, 11) is 0. The van der Waals surface area contributed by atoms with Gasteiger partial charge < -0.3 is 5.11 Å². The van der Waals surface area contributed by atoms with Crippen molar-refractivity contribution < 1.29 is 9.90 Å². The molecule has 4 fully saturated rings. The monoisotopic (exact) mass is 346 g/mol. The zero-order valence-electron chi connectivity index (χ0n) is 16.8. The number of carbonyl (C=O) groups is 1. The maximum Gasteiger partial charge on any atom is 0.133 e. The second kappa shape index (κ2) is 5.81. The van der Waals surface area contributed by atoms with Crippen molar-refractivity contribution >= 4 is 5.78 Å². The van der Waals surface area contributed by atoms with Crippen LogP contribution in [0.15, 0.2) is 0 Å². The standard InChI is InChI=1S/C23H38O2/c1-5-23(25)13-12-21(3)16(14-23)6-7-17-19-9-8-18(15(2)24)22(19,4)11-10-20(17)21/h16-20,25H,5-14H2,1-4H3/t16-,17+,18-,19+,20+,21+,22-,23+/m1/s1. The van der Waals surface area contributed by atoms with Gasteiger partial charge in [-0.15, -0.1) is 0 Å². The number of ketones is 1. The Morgan fingerprint density at radius 1 is 0.960 bits per heavy atom. The molecule has 2 heteroatoms. The van der Waals surface area contributed by atoms with Crippen LogP contribution in [0.4, 0.5) is 0 Å². The molecule has 0 aromatic rings. The number of fused-ring (bicyclic) bond motifs is 5. The number of Topliss-reactive ketones (excluding diaryl/α,β-unsaturated/α-hetero) is 1. The van der Waals surface area contributed by atoms with Crippen molar-refractivity contribution in [3.63, 3.8) is 0 Å². The lowest BCUT2D eigenvalue weighted by molar-refractivity contribution is -0.154. The van der Waals surface area contributed by atoms with Crippen molar-refractivity contribution in [2.24, 2.45) is 40.4 Å². The van der Waals surface area contributed by atoms with Gasteiger partial charge in [-0.3, -0.25) is 4.79 Å². The lowest BCUT2D eigenvalue weighted by Crippen LogP contribution is -2.56. The minimum atomic E-state index is -0.396. The summed E-state index contributed by atoms with van der Waals surface area (Å²) in [6, 6.07) is 0. The molecule has 0 aliphatic heterocycles. The van der Waals surface area contributed by atoms with Gasteiger partial charge in [-0.25, -0.2) is 0 Å². The Hall–Kier alpha value is -0.370. The molecule has 0 spiro atoms. The highest BCUT2D eigenvalue weighted by atomic mass is 16.3. The van der Waals surface area contributed by atoms with E-state index in [0.717, 1.165) is 43.4 Å². The lowest BCUT2D eigenvalue weighted by atomic mass is 9.43. The molecule has 4 aliphatic rings. The first-order valence-corrected chi connectivity index (χ1v) is 11.0. The lowest BCUT2D eigenvalue weighted by Gasteiger charge is -2.62. The molecule has 142 valence electrons. The fourth-order valence-corrected chi connectivity index (χ4v) is 8.31. The van der Waals surface area contributed by atoms with Crippen molar-refractivity contribution in [2.45, 2.75) is 97.5 Å². The largest absolute Gasteiger partial charge is 0.390 e. The predicted octanol–water partition coefficient (Wildman–Crippen LogP) is 5.38. The topological polar surface area (TPSA) is 37.3 Å².